The zero-order valence-corrected chi connectivity index (χ0v) is 8.55. The van der Waals surface area contributed by atoms with Gasteiger partial charge in [-0.1, -0.05) is 0 Å². The molecule has 13 heavy (non-hydrogen) atoms. The zero-order valence-electron chi connectivity index (χ0n) is 6.96. The van der Waals surface area contributed by atoms with E-state index in [2.05, 4.69) is 20.9 Å². The molecular formula is C8H8BrNO3. The highest BCUT2D eigenvalue weighted by atomic mass is 79.9. The SMILES string of the molecule is CCOC(=O)c1[nH]cc(Br)c1C=O. The Morgan fingerprint density at radius 3 is 3.00 bits per heavy atom. The maximum atomic E-state index is 11.2. The molecule has 0 aliphatic rings. The Hall–Kier alpha value is -1.10. The average Bonchev–Trinajstić information content (AvgIpc) is 2.47. The van der Waals surface area contributed by atoms with Gasteiger partial charge >= 0.3 is 5.97 Å². The van der Waals surface area contributed by atoms with Crippen molar-refractivity contribution in [2.45, 2.75) is 6.92 Å². The first-order valence-corrected chi connectivity index (χ1v) is 4.49. The highest BCUT2D eigenvalue weighted by Crippen LogP contribution is 2.18. The van der Waals surface area contributed by atoms with Crippen LogP contribution in [0.1, 0.15) is 27.8 Å². The lowest BCUT2D eigenvalue weighted by Crippen LogP contribution is -2.07. The second kappa shape index (κ2) is 4.23. The number of aromatic nitrogens is 1. The minimum atomic E-state index is -0.518. The van der Waals surface area contributed by atoms with E-state index < -0.39 is 5.97 Å². The van der Waals surface area contributed by atoms with Crippen LogP contribution < -0.4 is 0 Å². The fourth-order valence-corrected chi connectivity index (χ4v) is 1.30. The highest BCUT2D eigenvalue weighted by molar-refractivity contribution is 9.10. The van der Waals surface area contributed by atoms with Gasteiger partial charge in [0.25, 0.3) is 0 Å². The highest BCUT2D eigenvalue weighted by Gasteiger charge is 2.16. The smallest absolute Gasteiger partial charge is 0.355 e. The monoisotopic (exact) mass is 245 g/mol. The van der Waals surface area contributed by atoms with Crippen molar-refractivity contribution in [1.82, 2.24) is 4.98 Å². The normalized spacial score (nSPS) is 9.69. The number of carbonyl (C=O) groups is 2. The standard InChI is InChI=1S/C8H8BrNO3/c1-2-13-8(12)7-5(4-11)6(9)3-10-7/h3-4,10H,2H2,1H3. The van der Waals surface area contributed by atoms with E-state index >= 15 is 0 Å². The van der Waals surface area contributed by atoms with Gasteiger partial charge in [0.15, 0.2) is 6.29 Å². The first kappa shape index (κ1) is 9.98. The topological polar surface area (TPSA) is 59.2 Å². The summed E-state index contributed by atoms with van der Waals surface area (Å²) in [7, 11) is 0. The van der Waals surface area contributed by atoms with Gasteiger partial charge in [-0.25, -0.2) is 4.79 Å². The van der Waals surface area contributed by atoms with Gasteiger partial charge in [-0.05, 0) is 22.9 Å². The molecule has 4 nitrogen and oxygen atoms in total. The Balaban J connectivity index is 3.00. The molecular weight excluding hydrogens is 238 g/mol. The van der Waals surface area contributed by atoms with Crippen LogP contribution in [0.3, 0.4) is 0 Å². The van der Waals surface area contributed by atoms with Gasteiger partial charge in [0, 0.05) is 10.7 Å². The molecule has 1 rings (SSSR count). The van der Waals surface area contributed by atoms with Gasteiger partial charge in [-0.3, -0.25) is 4.79 Å². The number of carbonyl (C=O) groups excluding carboxylic acids is 2. The summed E-state index contributed by atoms with van der Waals surface area (Å²) in [5.74, 6) is -0.518. The van der Waals surface area contributed by atoms with E-state index in [0.717, 1.165) is 0 Å². The van der Waals surface area contributed by atoms with Crippen LogP contribution in [-0.4, -0.2) is 23.8 Å². The van der Waals surface area contributed by atoms with Crippen molar-refractivity contribution in [1.29, 1.82) is 0 Å². The summed E-state index contributed by atoms with van der Waals surface area (Å²) < 4.78 is 5.29. The van der Waals surface area contributed by atoms with Crippen molar-refractivity contribution in [2.75, 3.05) is 6.61 Å². The summed E-state index contributed by atoms with van der Waals surface area (Å²) >= 11 is 3.13. The predicted octanol–water partition coefficient (Wildman–Crippen LogP) is 1.77. The average molecular weight is 246 g/mol. The maximum Gasteiger partial charge on any atom is 0.355 e. The van der Waals surface area contributed by atoms with Crippen LogP contribution in [-0.2, 0) is 4.74 Å². The molecule has 0 amide bonds. The molecule has 0 saturated heterocycles. The molecule has 0 radical (unpaired) electrons. The third-order valence-electron chi connectivity index (χ3n) is 1.47. The Bertz CT molecular complexity index is 332. The minimum absolute atomic E-state index is 0.184. The third-order valence-corrected chi connectivity index (χ3v) is 2.12. The molecule has 0 unspecified atom stereocenters. The van der Waals surface area contributed by atoms with Gasteiger partial charge in [0.1, 0.15) is 5.69 Å². The molecule has 0 aromatic carbocycles. The Kier molecular flexibility index (Phi) is 3.25. The van der Waals surface area contributed by atoms with Gasteiger partial charge in [-0.2, -0.15) is 0 Å². The number of H-pyrrole nitrogens is 1. The molecule has 1 aromatic rings. The third kappa shape index (κ3) is 1.98. The molecule has 0 saturated carbocycles. The quantitative estimate of drug-likeness (QED) is 0.653. The summed E-state index contributed by atoms with van der Waals surface area (Å²) in [6.45, 7) is 1.99. The molecule has 0 atom stereocenters. The van der Waals surface area contributed by atoms with Crippen LogP contribution in [0.15, 0.2) is 10.7 Å². The molecule has 1 N–H and O–H groups in total. The number of esters is 1. The molecule has 0 aliphatic carbocycles. The van der Waals surface area contributed by atoms with Crippen molar-refractivity contribution < 1.29 is 14.3 Å². The Labute approximate surface area is 83.4 Å². The molecule has 1 aromatic heterocycles. The first-order valence-electron chi connectivity index (χ1n) is 3.69. The summed E-state index contributed by atoms with van der Waals surface area (Å²) in [5, 5.41) is 0. The van der Waals surface area contributed by atoms with E-state index in [9.17, 15) is 9.59 Å². The van der Waals surface area contributed by atoms with E-state index in [-0.39, 0.29) is 12.3 Å². The lowest BCUT2D eigenvalue weighted by molar-refractivity contribution is 0.0518. The van der Waals surface area contributed by atoms with E-state index in [0.29, 0.717) is 16.3 Å². The summed E-state index contributed by atoms with van der Waals surface area (Å²) in [5.41, 5.74) is 0.474. The number of hydrogen-bond acceptors (Lipinski definition) is 3. The van der Waals surface area contributed by atoms with E-state index in [4.69, 9.17) is 4.74 Å². The van der Waals surface area contributed by atoms with Crippen LogP contribution in [0.4, 0.5) is 0 Å². The lowest BCUT2D eigenvalue weighted by atomic mass is 10.3. The number of hydrogen-bond donors (Lipinski definition) is 1. The van der Waals surface area contributed by atoms with Crippen molar-refractivity contribution in [3.05, 3.63) is 21.9 Å². The second-order valence-corrected chi connectivity index (χ2v) is 3.12. The number of ether oxygens (including phenoxy) is 1. The van der Waals surface area contributed by atoms with E-state index in [1.807, 2.05) is 0 Å². The van der Waals surface area contributed by atoms with Gasteiger partial charge in [0.05, 0.1) is 12.2 Å². The van der Waals surface area contributed by atoms with Crippen LogP contribution in [0.2, 0.25) is 0 Å². The van der Waals surface area contributed by atoms with Crippen LogP contribution in [0, 0.1) is 0 Å². The van der Waals surface area contributed by atoms with Crippen molar-refractivity contribution in [2.24, 2.45) is 0 Å². The Morgan fingerprint density at radius 1 is 1.77 bits per heavy atom. The molecule has 0 aliphatic heterocycles. The van der Waals surface area contributed by atoms with Gasteiger partial charge in [-0.15, -0.1) is 0 Å². The summed E-state index contributed by atoms with van der Waals surface area (Å²) in [6.07, 6.45) is 2.13. The zero-order chi connectivity index (χ0) is 9.84. The van der Waals surface area contributed by atoms with Crippen LogP contribution >= 0.6 is 15.9 Å². The minimum Gasteiger partial charge on any atom is -0.461 e. The number of halogens is 1. The molecule has 70 valence electrons. The predicted molar refractivity (Wildman–Crippen MR) is 49.8 cm³/mol. The number of aromatic amines is 1. The van der Waals surface area contributed by atoms with E-state index in [1.165, 1.54) is 6.20 Å². The van der Waals surface area contributed by atoms with Crippen molar-refractivity contribution >= 4 is 28.2 Å². The van der Waals surface area contributed by atoms with Gasteiger partial charge < -0.3 is 9.72 Å². The number of rotatable bonds is 3. The van der Waals surface area contributed by atoms with E-state index in [1.54, 1.807) is 6.92 Å². The fourth-order valence-electron chi connectivity index (χ4n) is 0.898. The second-order valence-electron chi connectivity index (χ2n) is 2.26. The van der Waals surface area contributed by atoms with Crippen LogP contribution in [0.5, 0.6) is 0 Å². The molecule has 5 heteroatoms. The largest absolute Gasteiger partial charge is 0.461 e. The van der Waals surface area contributed by atoms with Gasteiger partial charge in [0.2, 0.25) is 0 Å². The molecule has 1 heterocycles. The molecule has 0 bridgehead atoms. The molecule has 0 fully saturated rings. The number of nitrogens with one attached hydrogen (secondary N) is 1. The number of aldehydes is 1. The van der Waals surface area contributed by atoms with Crippen molar-refractivity contribution in [3.63, 3.8) is 0 Å². The Morgan fingerprint density at radius 2 is 2.46 bits per heavy atom. The molecule has 0 spiro atoms. The summed E-state index contributed by atoms with van der Waals surface area (Å²) in [4.78, 5) is 24.4. The first-order chi connectivity index (χ1) is 6.20. The van der Waals surface area contributed by atoms with Crippen molar-refractivity contribution in [3.8, 4) is 0 Å². The fraction of sp³-hybridized carbons (Fsp3) is 0.250. The summed E-state index contributed by atoms with van der Waals surface area (Å²) in [6, 6.07) is 0. The maximum absolute atomic E-state index is 11.2. The lowest BCUT2D eigenvalue weighted by Gasteiger charge is -1.98. The van der Waals surface area contributed by atoms with Crippen LogP contribution in [0.25, 0.3) is 0 Å².